The summed E-state index contributed by atoms with van der Waals surface area (Å²) in [4.78, 5) is 58.0. The summed E-state index contributed by atoms with van der Waals surface area (Å²) in [7, 11) is 0. The van der Waals surface area contributed by atoms with E-state index < -0.39 is 47.9 Å². The predicted molar refractivity (Wildman–Crippen MR) is 151 cm³/mol. The lowest BCUT2D eigenvalue weighted by atomic mass is 10.0. The van der Waals surface area contributed by atoms with Gasteiger partial charge in [0.2, 0.25) is 17.7 Å². The van der Waals surface area contributed by atoms with E-state index in [0.717, 1.165) is 0 Å². The second-order valence-corrected chi connectivity index (χ2v) is 10.3. The monoisotopic (exact) mass is 577 g/mol. The number of nitrogens with two attached hydrogens (primary N) is 2. The molecule has 1 aromatic heterocycles. The Morgan fingerprint density at radius 2 is 1.60 bits per heavy atom. The highest BCUT2D eigenvalue weighted by Gasteiger charge is 2.30. The summed E-state index contributed by atoms with van der Waals surface area (Å²) in [5.41, 5.74) is 13.0. The molecule has 10 N–H and O–H groups in total. The van der Waals surface area contributed by atoms with Crippen molar-refractivity contribution in [1.29, 1.82) is 0 Å². The number of phenolic OH excluding ortho intramolecular Hbond substituents is 1. The quantitative estimate of drug-likeness (QED) is 0.107. The average Bonchev–Trinajstić information content (AvgIpc) is 3.44. The van der Waals surface area contributed by atoms with Crippen LogP contribution in [0.15, 0.2) is 36.8 Å². The fourth-order valence-corrected chi connectivity index (χ4v) is 4.35. The van der Waals surface area contributed by atoms with Crippen LogP contribution in [0.5, 0.6) is 5.75 Å². The molecule has 4 unspecified atom stereocenters. The number of unbranched alkanes of at least 4 members (excludes halogenated alkanes) is 1. The van der Waals surface area contributed by atoms with Crippen molar-refractivity contribution in [3.05, 3.63) is 48.0 Å². The highest BCUT2D eigenvalue weighted by atomic mass is 32.2. The third-order valence-corrected chi connectivity index (χ3v) is 6.79. The van der Waals surface area contributed by atoms with E-state index in [1.807, 2.05) is 6.26 Å². The molecule has 13 nitrogen and oxygen atoms in total. The molecule has 0 aliphatic heterocycles. The number of carboxylic acid groups (broad SMARTS) is 1. The maximum absolute atomic E-state index is 13.5. The van der Waals surface area contributed by atoms with E-state index in [4.69, 9.17) is 11.5 Å². The number of benzene rings is 1. The first-order valence-electron chi connectivity index (χ1n) is 13.0. The molecular formula is C26H39N7O6S. The number of imidazole rings is 1. The summed E-state index contributed by atoms with van der Waals surface area (Å²) in [6, 6.07) is 1.89. The van der Waals surface area contributed by atoms with Crippen LogP contribution in [0.1, 0.15) is 36.9 Å². The number of nitrogens with one attached hydrogen (secondary N) is 4. The van der Waals surface area contributed by atoms with Crippen molar-refractivity contribution in [3.63, 3.8) is 0 Å². The molecule has 14 heteroatoms. The molecule has 0 fully saturated rings. The zero-order chi connectivity index (χ0) is 29.5. The predicted octanol–water partition coefficient (Wildman–Crippen LogP) is -0.351. The van der Waals surface area contributed by atoms with E-state index in [1.54, 1.807) is 18.3 Å². The van der Waals surface area contributed by atoms with E-state index in [1.165, 1.54) is 30.2 Å². The largest absolute Gasteiger partial charge is 0.508 e. The first kappa shape index (κ1) is 32.6. The summed E-state index contributed by atoms with van der Waals surface area (Å²) in [5.74, 6) is -2.45. The molecule has 1 heterocycles. The maximum Gasteiger partial charge on any atom is 0.326 e. The molecule has 0 saturated carbocycles. The van der Waals surface area contributed by atoms with Gasteiger partial charge in [0.25, 0.3) is 0 Å². The Bertz CT molecular complexity index is 1080. The van der Waals surface area contributed by atoms with Crippen LogP contribution in [0.25, 0.3) is 0 Å². The van der Waals surface area contributed by atoms with Crippen LogP contribution in [0.4, 0.5) is 0 Å². The van der Waals surface area contributed by atoms with E-state index in [0.29, 0.717) is 36.4 Å². The Labute approximate surface area is 237 Å². The lowest BCUT2D eigenvalue weighted by Gasteiger charge is -2.25. The second-order valence-electron chi connectivity index (χ2n) is 9.35. The van der Waals surface area contributed by atoms with Gasteiger partial charge in [0.1, 0.15) is 23.9 Å². The van der Waals surface area contributed by atoms with Crippen molar-refractivity contribution in [3.8, 4) is 5.75 Å². The van der Waals surface area contributed by atoms with Gasteiger partial charge in [-0.25, -0.2) is 9.78 Å². The first-order chi connectivity index (χ1) is 19.1. The topological polar surface area (TPSA) is 226 Å². The number of carbonyl (C=O) groups is 4. The fraction of sp³-hybridized carbons (Fsp3) is 0.500. The maximum atomic E-state index is 13.5. The number of carbonyl (C=O) groups excluding carboxylic acids is 3. The van der Waals surface area contributed by atoms with Gasteiger partial charge in [0, 0.05) is 24.7 Å². The number of amides is 3. The number of aliphatic carboxylic acids is 1. The number of phenols is 1. The number of aromatic hydroxyl groups is 1. The smallest absolute Gasteiger partial charge is 0.326 e. The number of aromatic nitrogens is 2. The number of rotatable bonds is 18. The number of carboxylic acids is 1. The zero-order valence-electron chi connectivity index (χ0n) is 22.5. The SMILES string of the molecule is CSCCC(NC(=O)C(CCCCN)NC(=O)C(Cc1ccc(O)cc1)NC(=O)C(N)Cc1cnc[nH]1)C(=O)O. The Kier molecular flexibility index (Phi) is 14.0. The van der Waals surface area contributed by atoms with Gasteiger partial charge in [-0.1, -0.05) is 12.1 Å². The van der Waals surface area contributed by atoms with Crippen molar-refractivity contribution < 1.29 is 29.4 Å². The highest BCUT2D eigenvalue weighted by molar-refractivity contribution is 7.98. The second kappa shape index (κ2) is 17.2. The summed E-state index contributed by atoms with van der Waals surface area (Å²) in [5, 5.41) is 27.0. The minimum atomic E-state index is -1.17. The molecule has 1 aromatic carbocycles. The molecule has 0 aliphatic carbocycles. The number of hydrogen-bond donors (Lipinski definition) is 8. The van der Waals surface area contributed by atoms with Crippen LogP contribution >= 0.6 is 11.8 Å². The summed E-state index contributed by atoms with van der Waals surface area (Å²) in [6.07, 6.45) is 6.62. The Morgan fingerprint density at radius 1 is 0.950 bits per heavy atom. The number of thioether (sulfide) groups is 1. The molecule has 0 aliphatic rings. The molecule has 40 heavy (non-hydrogen) atoms. The molecule has 0 saturated heterocycles. The van der Waals surface area contributed by atoms with E-state index in [9.17, 15) is 29.4 Å². The third kappa shape index (κ3) is 11.2. The van der Waals surface area contributed by atoms with Gasteiger partial charge in [-0.3, -0.25) is 14.4 Å². The zero-order valence-corrected chi connectivity index (χ0v) is 23.3. The summed E-state index contributed by atoms with van der Waals surface area (Å²) >= 11 is 1.46. The summed E-state index contributed by atoms with van der Waals surface area (Å²) < 4.78 is 0. The number of aromatic amines is 1. The fourth-order valence-electron chi connectivity index (χ4n) is 3.88. The normalized spacial score (nSPS) is 14.0. The number of H-pyrrole nitrogens is 1. The Hall–Kier alpha value is -3.62. The van der Waals surface area contributed by atoms with Crippen LogP contribution in [0.2, 0.25) is 0 Å². The van der Waals surface area contributed by atoms with Gasteiger partial charge in [-0.15, -0.1) is 0 Å². The van der Waals surface area contributed by atoms with Crippen molar-refractivity contribution in [2.24, 2.45) is 11.5 Å². The van der Waals surface area contributed by atoms with Gasteiger partial charge in [-0.2, -0.15) is 11.8 Å². The average molecular weight is 578 g/mol. The van der Waals surface area contributed by atoms with Crippen LogP contribution in [-0.4, -0.2) is 86.6 Å². The summed E-state index contributed by atoms with van der Waals surface area (Å²) in [6.45, 7) is 0.390. The molecule has 4 atom stereocenters. The molecule has 2 rings (SSSR count). The Balaban J connectivity index is 2.21. The lowest BCUT2D eigenvalue weighted by molar-refractivity contribution is -0.142. The lowest BCUT2D eigenvalue weighted by Crippen LogP contribution is -2.57. The highest BCUT2D eigenvalue weighted by Crippen LogP contribution is 2.13. The molecule has 3 amide bonds. The van der Waals surface area contributed by atoms with Crippen LogP contribution in [0.3, 0.4) is 0 Å². The van der Waals surface area contributed by atoms with Gasteiger partial charge < -0.3 is 42.6 Å². The minimum Gasteiger partial charge on any atom is -0.508 e. The van der Waals surface area contributed by atoms with Gasteiger partial charge >= 0.3 is 5.97 Å². The number of nitrogens with zero attached hydrogens (tertiary/aromatic N) is 1. The van der Waals surface area contributed by atoms with Crippen molar-refractivity contribution in [2.75, 3.05) is 18.6 Å². The standard InChI is InChI=1S/C26H39N7O6S/c1-40-11-9-21(26(38)39)32-24(36)20(4-2-3-10-27)31-25(37)22(12-16-5-7-18(34)8-6-16)33-23(35)19(28)13-17-14-29-15-30-17/h5-8,14-15,19-22,34H,2-4,9-13,27-28H2,1H3,(H,29,30)(H,31,37)(H,32,36)(H,33,35)(H,38,39). The van der Waals surface area contributed by atoms with E-state index >= 15 is 0 Å². The molecule has 0 spiro atoms. The number of hydrogen-bond acceptors (Lipinski definition) is 9. The van der Waals surface area contributed by atoms with Gasteiger partial charge in [-0.05, 0) is 61.9 Å². The Morgan fingerprint density at radius 3 is 2.20 bits per heavy atom. The van der Waals surface area contributed by atoms with E-state index in [-0.39, 0.29) is 31.4 Å². The van der Waals surface area contributed by atoms with Crippen LogP contribution in [0, 0.1) is 0 Å². The van der Waals surface area contributed by atoms with Crippen molar-refractivity contribution in [2.45, 2.75) is 62.7 Å². The molecular weight excluding hydrogens is 538 g/mol. The first-order valence-corrected chi connectivity index (χ1v) is 14.4. The van der Waals surface area contributed by atoms with Crippen molar-refractivity contribution in [1.82, 2.24) is 25.9 Å². The molecule has 0 bridgehead atoms. The van der Waals surface area contributed by atoms with Gasteiger partial charge in [0.05, 0.1) is 12.4 Å². The van der Waals surface area contributed by atoms with Crippen LogP contribution < -0.4 is 27.4 Å². The van der Waals surface area contributed by atoms with E-state index in [2.05, 4.69) is 25.9 Å². The molecule has 2 aromatic rings. The minimum absolute atomic E-state index is 0.0430. The molecule has 220 valence electrons. The van der Waals surface area contributed by atoms with Crippen molar-refractivity contribution >= 4 is 35.5 Å². The van der Waals surface area contributed by atoms with Gasteiger partial charge in [0.15, 0.2) is 0 Å². The van der Waals surface area contributed by atoms with Crippen LogP contribution in [-0.2, 0) is 32.0 Å². The third-order valence-electron chi connectivity index (χ3n) is 6.15. The molecule has 0 radical (unpaired) electrons.